The fraction of sp³-hybridized carbons (Fsp3) is 0.812. The van der Waals surface area contributed by atoms with E-state index in [-0.39, 0.29) is 0 Å². The molecular formula is C16H30N2O. The third kappa shape index (κ3) is 6.76. The highest BCUT2D eigenvalue weighted by molar-refractivity contribution is 6.00. The molecule has 0 spiro atoms. The average Bonchev–Trinajstić information content (AvgIpc) is 2.36. The summed E-state index contributed by atoms with van der Waals surface area (Å²) in [7, 11) is 4.18. The Morgan fingerprint density at radius 2 is 2.05 bits per heavy atom. The maximum absolute atomic E-state index is 5.57. The van der Waals surface area contributed by atoms with Crippen LogP contribution in [-0.2, 0) is 4.84 Å². The molecule has 1 atom stereocenters. The van der Waals surface area contributed by atoms with Crippen molar-refractivity contribution in [3.05, 3.63) is 11.6 Å². The van der Waals surface area contributed by atoms with Gasteiger partial charge in [0.1, 0.15) is 6.61 Å². The summed E-state index contributed by atoms with van der Waals surface area (Å²) in [6.07, 6.45) is 9.52. The number of nitrogens with zero attached hydrogens (tertiary/aromatic N) is 2. The van der Waals surface area contributed by atoms with Gasteiger partial charge in [-0.05, 0) is 51.8 Å². The molecule has 0 N–H and O–H groups in total. The molecule has 0 aromatic carbocycles. The van der Waals surface area contributed by atoms with Crippen LogP contribution in [0.4, 0.5) is 0 Å². The van der Waals surface area contributed by atoms with E-state index in [1.165, 1.54) is 37.0 Å². The van der Waals surface area contributed by atoms with E-state index in [4.69, 9.17) is 4.84 Å². The predicted octanol–water partition coefficient (Wildman–Crippen LogP) is 3.86. The Hall–Kier alpha value is -0.830. The van der Waals surface area contributed by atoms with Gasteiger partial charge < -0.3 is 9.74 Å². The lowest BCUT2D eigenvalue weighted by atomic mass is 9.92. The van der Waals surface area contributed by atoms with Gasteiger partial charge in [-0.3, -0.25) is 0 Å². The fourth-order valence-corrected chi connectivity index (χ4v) is 2.47. The van der Waals surface area contributed by atoms with E-state index in [9.17, 15) is 0 Å². The molecule has 3 nitrogen and oxygen atoms in total. The van der Waals surface area contributed by atoms with Crippen molar-refractivity contribution in [3.8, 4) is 0 Å². The summed E-state index contributed by atoms with van der Waals surface area (Å²) in [5, 5.41) is 4.39. The molecule has 1 unspecified atom stereocenters. The summed E-state index contributed by atoms with van der Waals surface area (Å²) in [5.74, 6) is 0.519. The number of allylic oxidation sites excluding steroid dienone is 2. The monoisotopic (exact) mass is 266 g/mol. The second kappa shape index (κ2) is 9.13. The summed E-state index contributed by atoms with van der Waals surface area (Å²) in [5.41, 5.74) is 2.62. The van der Waals surface area contributed by atoms with Crippen LogP contribution in [0.2, 0.25) is 0 Å². The van der Waals surface area contributed by atoms with E-state index in [2.05, 4.69) is 44.1 Å². The van der Waals surface area contributed by atoms with Gasteiger partial charge in [-0.25, -0.2) is 0 Å². The van der Waals surface area contributed by atoms with Crippen LogP contribution in [0, 0.1) is 5.92 Å². The number of oxime groups is 1. The molecule has 1 fully saturated rings. The standard InChI is InChI=1S/C16H30N2O/c1-5-6-9-15-10-7-8-11-16(15)17-19-13-14(2)12-18(3)4/h9,14H,5-8,10-13H2,1-4H3. The quantitative estimate of drug-likeness (QED) is 0.654. The van der Waals surface area contributed by atoms with Gasteiger partial charge in [-0.1, -0.05) is 31.5 Å². The van der Waals surface area contributed by atoms with Gasteiger partial charge in [-0.15, -0.1) is 0 Å². The van der Waals surface area contributed by atoms with Gasteiger partial charge in [0.25, 0.3) is 0 Å². The lowest BCUT2D eigenvalue weighted by molar-refractivity contribution is 0.101. The molecule has 0 aliphatic heterocycles. The highest BCUT2D eigenvalue weighted by Gasteiger charge is 2.13. The van der Waals surface area contributed by atoms with Gasteiger partial charge in [0, 0.05) is 12.5 Å². The lowest BCUT2D eigenvalue weighted by Gasteiger charge is -2.18. The zero-order valence-electron chi connectivity index (χ0n) is 13.1. The van der Waals surface area contributed by atoms with E-state index < -0.39 is 0 Å². The Kier molecular flexibility index (Phi) is 7.80. The van der Waals surface area contributed by atoms with Crippen molar-refractivity contribution in [2.24, 2.45) is 11.1 Å². The Bertz CT molecular complexity index is 308. The zero-order chi connectivity index (χ0) is 14.1. The lowest BCUT2D eigenvalue weighted by Crippen LogP contribution is -2.22. The summed E-state index contributed by atoms with van der Waals surface area (Å²) >= 11 is 0. The topological polar surface area (TPSA) is 24.8 Å². The first-order chi connectivity index (χ1) is 9.13. The van der Waals surface area contributed by atoms with Crippen molar-refractivity contribution in [2.75, 3.05) is 27.2 Å². The number of hydrogen-bond acceptors (Lipinski definition) is 3. The summed E-state index contributed by atoms with van der Waals surface area (Å²) in [4.78, 5) is 7.76. The molecule has 1 aliphatic rings. The highest BCUT2D eigenvalue weighted by atomic mass is 16.6. The minimum atomic E-state index is 0.519. The molecule has 0 heterocycles. The van der Waals surface area contributed by atoms with E-state index >= 15 is 0 Å². The van der Waals surface area contributed by atoms with Crippen molar-refractivity contribution in [3.63, 3.8) is 0 Å². The van der Waals surface area contributed by atoms with Gasteiger partial charge in [0.05, 0.1) is 5.71 Å². The molecule has 110 valence electrons. The second-order valence-electron chi connectivity index (χ2n) is 5.93. The van der Waals surface area contributed by atoms with Gasteiger partial charge in [0.15, 0.2) is 0 Å². The Morgan fingerprint density at radius 1 is 1.32 bits per heavy atom. The first-order valence-corrected chi connectivity index (χ1v) is 7.66. The van der Waals surface area contributed by atoms with E-state index in [0.29, 0.717) is 12.5 Å². The number of hydrogen-bond donors (Lipinski definition) is 0. The maximum atomic E-state index is 5.57. The van der Waals surface area contributed by atoms with E-state index in [1.54, 1.807) is 0 Å². The molecule has 0 amide bonds. The molecule has 0 aromatic rings. The van der Waals surface area contributed by atoms with E-state index in [0.717, 1.165) is 19.4 Å². The van der Waals surface area contributed by atoms with Crippen LogP contribution < -0.4 is 0 Å². The van der Waals surface area contributed by atoms with Crippen LogP contribution in [0.15, 0.2) is 16.8 Å². The predicted molar refractivity (Wildman–Crippen MR) is 82.6 cm³/mol. The SMILES string of the molecule is CCCC=C1CCCCC1=NOCC(C)CN(C)C. The molecule has 0 bridgehead atoms. The molecule has 0 saturated heterocycles. The minimum absolute atomic E-state index is 0.519. The van der Waals surface area contributed by atoms with Crippen LogP contribution in [0.3, 0.4) is 0 Å². The van der Waals surface area contributed by atoms with E-state index in [1.807, 2.05) is 0 Å². The van der Waals surface area contributed by atoms with Crippen LogP contribution >= 0.6 is 0 Å². The van der Waals surface area contributed by atoms with Crippen molar-refractivity contribution in [1.82, 2.24) is 4.90 Å². The van der Waals surface area contributed by atoms with Crippen molar-refractivity contribution >= 4 is 5.71 Å². The van der Waals surface area contributed by atoms with Gasteiger partial charge >= 0.3 is 0 Å². The highest BCUT2D eigenvalue weighted by Crippen LogP contribution is 2.22. The normalized spacial score (nSPS) is 22.2. The smallest absolute Gasteiger partial charge is 0.120 e. The van der Waals surface area contributed by atoms with Crippen LogP contribution in [0.1, 0.15) is 52.4 Å². The maximum Gasteiger partial charge on any atom is 0.120 e. The van der Waals surface area contributed by atoms with Crippen molar-refractivity contribution in [1.29, 1.82) is 0 Å². The molecular weight excluding hydrogens is 236 g/mol. The van der Waals surface area contributed by atoms with Gasteiger partial charge in [-0.2, -0.15) is 0 Å². The molecule has 19 heavy (non-hydrogen) atoms. The molecule has 1 saturated carbocycles. The van der Waals surface area contributed by atoms with Crippen LogP contribution in [0.5, 0.6) is 0 Å². The minimum Gasteiger partial charge on any atom is -0.395 e. The van der Waals surface area contributed by atoms with Gasteiger partial charge in [0.2, 0.25) is 0 Å². The first kappa shape index (κ1) is 16.2. The Balaban J connectivity index is 2.44. The third-order valence-corrected chi connectivity index (χ3v) is 3.37. The molecule has 0 aromatic heterocycles. The third-order valence-electron chi connectivity index (χ3n) is 3.37. The van der Waals surface area contributed by atoms with Crippen molar-refractivity contribution < 1.29 is 4.84 Å². The number of unbranched alkanes of at least 4 members (excludes halogenated alkanes) is 1. The second-order valence-corrected chi connectivity index (χ2v) is 5.93. The Labute approximate surface area is 118 Å². The molecule has 1 rings (SSSR count). The summed E-state index contributed by atoms with van der Waals surface area (Å²) in [6, 6.07) is 0. The van der Waals surface area contributed by atoms with Crippen LogP contribution in [0.25, 0.3) is 0 Å². The number of rotatable bonds is 7. The molecule has 1 aliphatic carbocycles. The zero-order valence-corrected chi connectivity index (χ0v) is 13.1. The molecule has 0 radical (unpaired) electrons. The fourth-order valence-electron chi connectivity index (χ4n) is 2.47. The first-order valence-electron chi connectivity index (χ1n) is 7.66. The van der Waals surface area contributed by atoms with Crippen molar-refractivity contribution in [2.45, 2.75) is 52.4 Å². The Morgan fingerprint density at radius 3 is 2.74 bits per heavy atom. The summed E-state index contributed by atoms with van der Waals surface area (Å²) < 4.78 is 0. The largest absolute Gasteiger partial charge is 0.395 e. The van der Waals surface area contributed by atoms with Crippen LogP contribution in [-0.4, -0.2) is 37.9 Å². The summed E-state index contributed by atoms with van der Waals surface area (Å²) in [6.45, 7) is 6.18. The average molecular weight is 266 g/mol. The molecule has 3 heteroatoms.